The summed E-state index contributed by atoms with van der Waals surface area (Å²) in [7, 11) is 0. The van der Waals surface area contributed by atoms with Crippen LogP contribution >= 0.6 is 0 Å². The van der Waals surface area contributed by atoms with Gasteiger partial charge in [-0.25, -0.2) is 0 Å². The molecule has 284 valence electrons. The number of hydrogen-bond acceptors (Lipinski definition) is 2. The number of benzene rings is 9. The summed E-state index contributed by atoms with van der Waals surface area (Å²) in [6, 6.07) is 78.0. The lowest BCUT2D eigenvalue weighted by Gasteiger charge is -2.32. The number of para-hydroxylation sites is 1. The van der Waals surface area contributed by atoms with Crippen LogP contribution < -0.4 is 4.90 Å². The van der Waals surface area contributed by atoms with Gasteiger partial charge in [-0.3, -0.25) is 0 Å². The second-order valence-corrected chi connectivity index (χ2v) is 16.7. The van der Waals surface area contributed by atoms with Gasteiger partial charge in [-0.1, -0.05) is 158 Å². The number of nitrogens with zero attached hydrogens (tertiary/aromatic N) is 1. The number of furan rings is 1. The van der Waals surface area contributed by atoms with Gasteiger partial charge in [-0.15, -0.1) is 0 Å². The molecule has 9 aromatic carbocycles. The molecule has 60 heavy (non-hydrogen) atoms. The van der Waals surface area contributed by atoms with E-state index in [1.54, 1.807) is 0 Å². The Bertz CT molecular complexity index is 3140. The van der Waals surface area contributed by atoms with Crippen molar-refractivity contribution < 1.29 is 4.42 Å². The largest absolute Gasteiger partial charge is 0.456 e. The maximum Gasteiger partial charge on any atom is 0.135 e. The molecule has 0 saturated heterocycles. The lowest BCUT2D eigenvalue weighted by Crippen LogP contribution is -2.23. The van der Waals surface area contributed by atoms with Crippen molar-refractivity contribution in [3.05, 3.63) is 246 Å². The standard InChI is InChI=1S/C58H41NO/c1-57(40-15-5-3-6-16-40)51-22-12-9-19-45(51)47-32-30-43(36-53(47)57)59(42-28-25-38(26-29-42)39-27-34-56-50(35-39)49-21-11-14-24-55(49)60-56)44-31-33-48-46-20-10-13-23-52(46)58(2,54(48)37-44)41-17-7-4-8-18-41/h3-37H,1-2H3. The van der Waals surface area contributed by atoms with E-state index in [0.29, 0.717) is 0 Å². The molecule has 10 aromatic rings. The summed E-state index contributed by atoms with van der Waals surface area (Å²) < 4.78 is 6.18. The van der Waals surface area contributed by atoms with Crippen molar-refractivity contribution in [2.45, 2.75) is 24.7 Å². The van der Waals surface area contributed by atoms with E-state index in [4.69, 9.17) is 4.42 Å². The van der Waals surface area contributed by atoms with E-state index in [0.717, 1.165) is 50.1 Å². The van der Waals surface area contributed by atoms with Gasteiger partial charge in [0.15, 0.2) is 0 Å². The van der Waals surface area contributed by atoms with Crippen LogP contribution in [0.5, 0.6) is 0 Å². The fourth-order valence-corrected chi connectivity index (χ4v) is 10.6. The van der Waals surface area contributed by atoms with E-state index in [1.165, 1.54) is 55.6 Å². The minimum atomic E-state index is -0.319. The Morgan fingerprint density at radius 1 is 0.333 bits per heavy atom. The molecule has 2 heteroatoms. The SMILES string of the molecule is CC1(c2ccccc2)c2ccccc2-c2ccc(N(c3ccc(-c4ccc5oc6ccccc6c5c4)cc3)c3ccc4c(c3)C(C)(c3ccccc3)c3ccccc3-4)cc21. The fourth-order valence-electron chi connectivity index (χ4n) is 10.6. The smallest absolute Gasteiger partial charge is 0.135 e. The van der Waals surface area contributed by atoms with Crippen molar-refractivity contribution in [2.24, 2.45) is 0 Å². The Kier molecular flexibility index (Phi) is 7.52. The molecule has 2 aliphatic carbocycles. The van der Waals surface area contributed by atoms with Crippen LogP contribution in [-0.4, -0.2) is 0 Å². The average Bonchev–Trinajstić information content (AvgIpc) is 3.91. The van der Waals surface area contributed by atoms with E-state index in [-0.39, 0.29) is 10.8 Å². The van der Waals surface area contributed by atoms with Gasteiger partial charge < -0.3 is 9.32 Å². The zero-order valence-electron chi connectivity index (χ0n) is 33.6. The van der Waals surface area contributed by atoms with Crippen LogP contribution in [0.25, 0.3) is 55.3 Å². The molecule has 2 aliphatic rings. The summed E-state index contributed by atoms with van der Waals surface area (Å²) >= 11 is 0. The Morgan fingerprint density at radius 3 is 1.37 bits per heavy atom. The van der Waals surface area contributed by atoms with Crippen LogP contribution in [0.4, 0.5) is 17.1 Å². The maximum atomic E-state index is 6.18. The van der Waals surface area contributed by atoms with Crippen LogP contribution in [0, 0.1) is 0 Å². The van der Waals surface area contributed by atoms with E-state index >= 15 is 0 Å². The van der Waals surface area contributed by atoms with Crippen molar-refractivity contribution >= 4 is 39.0 Å². The molecule has 0 aliphatic heterocycles. The predicted octanol–water partition coefficient (Wildman–Crippen LogP) is 15.4. The topological polar surface area (TPSA) is 16.4 Å². The Hall–Kier alpha value is -7.42. The third-order valence-electron chi connectivity index (χ3n) is 13.6. The van der Waals surface area contributed by atoms with Gasteiger partial charge in [-0.05, 0) is 135 Å². The summed E-state index contributed by atoms with van der Waals surface area (Å²) in [6.45, 7) is 4.79. The molecule has 2 unspecified atom stereocenters. The number of anilines is 3. The first kappa shape index (κ1) is 34.6. The summed E-state index contributed by atoms with van der Waals surface area (Å²) in [6.07, 6.45) is 0. The average molecular weight is 768 g/mol. The molecule has 2 atom stereocenters. The van der Waals surface area contributed by atoms with Crippen LogP contribution in [0.1, 0.15) is 47.2 Å². The minimum absolute atomic E-state index is 0.319. The predicted molar refractivity (Wildman–Crippen MR) is 249 cm³/mol. The lowest BCUT2D eigenvalue weighted by atomic mass is 9.74. The van der Waals surface area contributed by atoms with Crippen molar-refractivity contribution in [2.75, 3.05) is 4.90 Å². The van der Waals surface area contributed by atoms with E-state index in [2.05, 4.69) is 219 Å². The zero-order chi connectivity index (χ0) is 40.0. The van der Waals surface area contributed by atoms with Crippen LogP contribution in [0.3, 0.4) is 0 Å². The van der Waals surface area contributed by atoms with Gasteiger partial charge in [-0.2, -0.15) is 0 Å². The molecule has 1 heterocycles. The van der Waals surface area contributed by atoms with Crippen molar-refractivity contribution in [1.29, 1.82) is 0 Å². The zero-order valence-corrected chi connectivity index (χ0v) is 33.6. The van der Waals surface area contributed by atoms with Crippen molar-refractivity contribution in [1.82, 2.24) is 0 Å². The lowest BCUT2D eigenvalue weighted by molar-refractivity contribution is 0.669. The van der Waals surface area contributed by atoms with Gasteiger partial charge in [0.05, 0.1) is 0 Å². The van der Waals surface area contributed by atoms with E-state index in [9.17, 15) is 0 Å². The molecule has 0 amide bonds. The first-order chi connectivity index (χ1) is 29.5. The first-order valence-corrected chi connectivity index (χ1v) is 20.9. The number of rotatable bonds is 6. The monoisotopic (exact) mass is 767 g/mol. The van der Waals surface area contributed by atoms with Crippen LogP contribution in [0.15, 0.2) is 217 Å². The second kappa shape index (κ2) is 13.0. The highest BCUT2D eigenvalue weighted by molar-refractivity contribution is 6.06. The molecule has 0 N–H and O–H groups in total. The van der Waals surface area contributed by atoms with Crippen LogP contribution in [0.2, 0.25) is 0 Å². The fraction of sp³-hybridized carbons (Fsp3) is 0.0690. The van der Waals surface area contributed by atoms with Gasteiger partial charge in [0.25, 0.3) is 0 Å². The first-order valence-electron chi connectivity index (χ1n) is 20.9. The number of hydrogen-bond donors (Lipinski definition) is 0. The van der Waals surface area contributed by atoms with Crippen molar-refractivity contribution in [3.8, 4) is 33.4 Å². The summed E-state index contributed by atoms with van der Waals surface area (Å²) in [5.41, 5.74) is 19.9. The molecular formula is C58H41NO. The highest BCUT2D eigenvalue weighted by Gasteiger charge is 2.43. The van der Waals surface area contributed by atoms with Gasteiger partial charge in [0.1, 0.15) is 11.2 Å². The summed E-state index contributed by atoms with van der Waals surface area (Å²) in [4.78, 5) is 2.46. The van der Waals surface area contributed by atoms with Crippen LogP contribution in [-0.2, 0) is 10.8 Å². The Balaban J connectivity index is 1.05. The minimum Gasteiger partial charge on any atom is -0.456 e. The summed E-state index contributed by atoms with van der Waals surface area (Å²) in [5, 5.41) is 2.27. The molecule has 0 saturated carbocycles. The van der Waals surface area contributed by atoms with Gasteiger partial charge in [0, 0.05) is 38.7 Å². The van der Waals surface area contributed by atoms with Gasteiger partial charge in [0.2, 0.25) is 0 Å². The molecule has 0 spiro atoms. The second-order valence-electron chi connectivity index (χ2n) is 16.7. The van der Waals surface area contributed by atoms with E-state index < -0.39 is 0 Å². The Labute approximate surface area is 350 Å². The molecule has 2 nitrogen and oxygen atoms in total. The molecule has 0 radical (unpaired) electrons. The third kappa shape index (κ3) is 4.94. The highest BCUT2D eigenvalue weighted by Crippen LogP contribution is 2.56. The third-order valence-corrected chi connectivity index (χ3v) is 13.6. The quantitative estimate of drug-likeness (QED) is 0.168. The molecular weight excluding hydrogens is 727 g/mol. The van der Waals surface area contributed by atoms with E-state index in [1.807, 2.05) is 12.1 Å². The van der Waals surface area contributed by atoms with Crippen molar-refractivity contribution in [3.63, 3.8) is 0 Å². The number of fused-ring (bicyclic) bond motifs is 9. The normalized spacial score (nSPS) is 17.3. The molecule has 0 bridgehead atoms. The molecule has 0 fully saturated rings. The summed E-state index contributed by atoms with van der Waals surface area (Å²) in [5.74, 6) is 0. The van der Waals surface area contributed by atoms with Gasteiger partial charge >= 0.3 is 0 Å². The highest BCUT2D eigenvalue weighted by atomic mass is 16.3. The maximum absolute atomic E-state index is 6.18. The Morgan fingerprint density at radius 2 is 0.783 bits per heavy atom. The molecule has 12 rings (SSSR count). The molecule has 1 aromatic heterocycles.